The predicted molar refractivity (Wildman–Crippen MR) is 119 cm³/mol. The van der Waals surface area contributed by atoms with Crippen molar-refractivity contribution in [3.63, 3.8) is 0 Å². The van der Waals surface area contributed by atoms with Crippen LogP contribution in [-0.4, -0.2) is 27.5 Å². The van der Waals surface area contributed by atoms with Crippen LogP contribution >= 0.6 is 0 Å². The van der Waals surface area contributed by atoms with Gasteiger partial charge in [0.15, 0.2) is 0 Å². The largest absolute Gasteiger partial charge is 0.343 e. The minimum absolute atomic E-state index is 0.228. The average molecular weight is 402 g/mol. The Bertz CT molecular complexity index is 1050. The van der Waals surface area contributed by atoms with Crippen molar-refractivity contribution >= 4 is 17.4 Å². The Labute approximate surface area is 176 Å². The van der Waals surface area contributed by atoms with Crippen LogP contribution in [0.1, 0.15) is 66.0 Å². The van der Waals surface area contributed by atoms with Gasteiger partial charge in [0.1, 0.15) is 0 Å². The monoisotopic (exact) mass is 401 g/mol. The molecule has 0 spiro atoms. The Hall–Kier alpha value is -2.53. The third-order valence-electron chi connectivity index (χ3n) is 6.62. The van der Waals surface area contributed by atoms with Crippen LogP contribution in [0.15, 0.2) is 59.6 Å². The highest BCUT2D eigenvalue weighted by Gasteiger charge is 2.30. The van der Waals surface area contributed by atoms with Gasteiger partial charge in [-0.3, -0.25) is 4.99 Å². The Morgan fingerprint density at radius 1 is 1.00 bits per heavy atom. The number of fused-ring (bicyclic) bond motifs is 1. The van der Waals surface area contributed by atoms with Crippen LogP contribution in [0.2, 0.25) is 0 Å². The molecule has 154 valence electrons. The summed E-state index contributed by atoms with van der Waals surface area (Å²) < 4.78 is 0. The minimum Gasteiger partial charge on any atom is -0.343 e. The summed E-state index contributed by atoms with van der Waals surface area (Å²) in [6.07, 6.45) is 12.2. The summed E-state index contributed by atoms with van der Waals surface area (Å²) in [4.78, 5) is 4.83. The van der Waals surface area contributed by atoms with Crippen molar-refractivity contribution in [1.82, 2.24) is 0 Å². The first kappa shape index (κ1) is 19.4. The lowest BCUT2D eigenvalue weighted by molar-refractivity contribution is -0.309. The molecule has 1 heterocycles. The van der Waals surface area contributed by atoms with Crippen molar-refractivity contribution in [2.24, 2.45) is 10.9 Å². The van der Waals surface area contributed by atoms with Gasteiger partial charge in [-0.05, 0) is 70.2 Å². The zero-order valence-electron chi connectivity index (χ0n) is 17.0. The van der Waals surface area contributed by atoms with Crippen LogP contribution in [-0.2, 0) is 6.42 Å². The van der Waals surface area contributed by atoms with Crippen molar-refractivity contribution in [1.29, 1.82) is 0 Å². The number of hydrogen-bond donors (Lipinski definition) is 3. The number of allylic oxidation sites excluding steroid dienone is 4. The second kappa shape index (κ2) is 7.62. The average Bonchev–Trinajstić information content (AvgIpc) is 3.46. The highest BCUT2D eigenvalue weighted by atomic mass is 16.7. The molecule has 2 aromatic rings. The molecule has 1 atom stereocenters. The molecule has 2 aromatic carbocycles. The molecule has 1 aliphatic heterocycles. The Morgan fingerprint density at radius 2 is 1.80 bits per heavy atom. The topological polar surface area (TPSA) is 73.0 Å². The lowest BCUT2D eigenvalue weighted by atomic mass is 9.90. The lowest BCUT2D eigenvalue weighted by Crippen LogP contribution is -2.30. The summed E-state index contributed by atoms with van der Waals surface area (Å²) in [5.74, 6) is -2.01. The number of nitrogens with zero attached hydrogens (tertiary/aromatic N) is 1. The van der Waals surface area contributed by atoms with E-state index in [9.17, 15) is 15.3 Å². The summed E-state index contributed by atoms with van der Waals surface area (Å²) >= 11 is 0. The molecule has 2 aliphatic carbocycles. The molecule has 0 amide bonds. The highest BCUT2D eigenvalue weighted by Crippen LogP contribution is 2.42. The summed E-state index contributed by atoms with van der Waals surface area (Å²) in [6.45, 7) is 0. The van der Waals surface area contributed by atoms with Crippen LogP contribution in [0.25, 0.3) is 11.1 Å². The molecule has 0 radical (unpaired) electrons. The molecular weight excluding hydrogens is 374 g/mol. The first-order valence-corrected chi connectivity index (χ1v) is 10.8. The fourth-order valence-corrected chi connectivity index (χ4v) is 5.18. The predicted octanol–water partition coefficient (Wildman–Crippen LogP) is 4.39. The maximum Gasteiger partial charge on any atom is 0.279 e. The van der Waals surface area contributed by atoms with Crippen molar-refractivity contribution in [2.45, 2.75) is 50.5 Å². The molecule has 4 nitrogen and oxygen atoms in total. The third kappa shape index (κ3) is 3.79. The van der Waals surface area contributed by atoms with E-state index in [1.807, 2.05) is 30.5 Å². The normalized spacial score (nSPS) is 21.1. The van der Waals surface area contributed by atoms with Gasteiger partial charge in [0, 0.05) is 6.21 Å². The molecule has 30 heavy (non-hydrogen) atoms. The molecular formula is C26H27NO3. The van der Waals surface area contributed by atoms with Gasteiger partial charge in [-0.25, -0.2) is 0 Å². The molecule has 1 fully saturated rings. The van der Waals surface area contributed by atoms with E-state index in [1.54, 1.807) is 0 Å². The summed E-state index contributed by atoms with van der Waals surface area (Å²) in [6, 6.07) is 14.6. The second-order valence-electron chi connectivity index (χ2n) is 8.75. The Balaban J connectivity index is 1.40. The van der Waals surface area contributed by atoms with Crippen molar-refractivity contribution in [2.75, 3.05) is 0 Å². The SMILES string of the molecule is OC(O)(O)Cc1ccccc1C1=CC(c2ccc3c(c2)C=NC3C2CCCC2)=CC1. The molecule has 1 unspecified atom stereocenters. The molecule has 3 aliphatic rings. The molecule has 0 bridgehead atoms. The zero-order chi connectivity index (χ0) is 20.7. The van der Waals surface area contributed by atoms with Crippen molar-refractivity contribution in [3.8, 4) is 0 Å². The van der Waals surface area contributed by atoms with Gasteiger partial charge in [-0.2, -0.15) is 0 Å². The van der Waals surface area contributed by atoms with Crippen LogP contribution in [0.4, 0.5) is 0 Å². The summed E-state index contributed by atoms with van der Waals surface area (Å²) in [5, 5.41) is 28.3. The second-order valence-corrected chi connectivity index (χ2v) is 8.75. The van der Waals surface area contributed by atoms with E-state index >= 15 is 0 Å². The summed E-state index contributed by atoms with van der Waals surface area (Å²) in [7, 11) is 0. The fraction of sp³-hybridized carbons (Fsp3) is 0.346. The van der Waals surface area contributed by atoms with Gasteiger partial charge in [0.2, 0.25) is 0 Å². The van der Waals surface area contributed by atoms with E-state index in [4.69, 9.17) is 4.99 Å². The lowest BCUT2D eigenvalue weighted by Gasteiger charge is -2.17. The highest BCUT2D eigenvalue weighted by molar-refractivity contribution is 5.93. The molecule has 0 saturated heterocycles. The van der Waals surface area contributed by atoms with Gasteiger partial charge >= 0.3 is 0 Å². The first-order chi connectivity index (χ1) is 14.5. The standard InChI is InChI=1S/C26H27NO3/c28-26(29,30)15-21-7-3-4-8-23(21)20-10-9-18(13-20)19-11-12-24-22(14-19)16-27-25(24)17-5-1-2-6-17/h3-4,7-9,11-14,16-17,25,28-30H,1-2,5-6,10,15H2. The number of aliphatic hydroxyl groups is 3. The van der Waals surface area contributed by atoms with Gasteiger partial charge in [-0.15, -0.1) is 0 Å². The van der Waals surface area contributed by atoms with Crippen molar-refractivity contribution < 1.29 is 15.3 Å². The van der Waals surface area contributed by atoms with Gasteiger partial charge < -0.3 is 15.3 Å². The van der Waals surface area contributed by atoms with Crippen LogP contribution in [0.3, 0.4) is 0 Å². The number of hydrogen-bond acceptors (Lipinski definition) is 4. The molecule has 5 rings (SSSR count). The van der Waals surface area contributed by atoms with Crippen LogP contribution < -0.4 is 0 Å². The Kier molecular flexibility index (Phi) is 4.94. The van der Waals surface area contributed by atoms with E-state index in [2.05, 4.69) is 30.4 Å². The van der Waals surface area contributed by atoms with Crippen LogP contribution in [0.5, 0.6) is 0 Å². The maximum atomic E-state index is 9.42. The van der Waals surface area contributed by atoms with E-state index in [0.717, 1.165) is 17.6 Å². The van der Waals surface area contributed by atoms with E-state index in [0.29, 0.717) is 17.5 Å². The first-order valence-electron chi connectivity index (χ1n) is 10.8. The number of benzene rings is 2. The third-order valence-corrected chi connectivity index (χ3v) is 6.62. The van der Waals surface area contributed by atoms with E-state index in [1.165, 1.54) is 47.9 Å². The zero-order valence-corrected chi connectivity index (χ0v) is 17.0. The molecule has 4 heteroatoms. The van der Waals surface area contributed by atoms with E-state index in [-0.39, 0.29) is 6.42 Å². The summed E-state index contributed by atoms with van der Waals surface area (Å²) in [5.41, 5.74) is 7.72. The smallest absolute Gasteiger partial charge is 0.279 e. The molecule has 1 saturated carbocycles. The molecule has 3 N–H and O–H groups in total. The van der Waals surface area contributed by atoms with Gasteiger partial charge in [0.25, 0.3) is 5.97 Å². The molecule has 0 aromatic heterocycles. The maximum absolute atomic E-state index is 9.42. The van der Waals surface area contributed by atoms with E-state index < -0.39 is 5.97 Å². The Morgan fingerprint density at radius 3 is 2.60 bits per heavy atom. The minimum atomic E-state index is -2.71. The fourth-order valence-electron chi connectivity index (χ4n) is 5.18. The quantitative estimate of drug-likeness (QED) is 0.651. The number of rotatable bonds is 5. The number of aliphatic imine (C=N–C) groups is 1. The van der Waals surface area contributed by atoms with Crippen LogP contribution in [0, 0.1) is 5.92 Å². The van der Waals surface area contributed by atoms with Gasteiger partial charge in [-0.1, -0.05) is 61.4 Å². The van der Waals surface area contributed by atoms with Crippen molar-refractivity contribution in [3.05, 3.63) is 82.4 Å². The van der Waals surface area contributed by atoms with Gasteiger partial charge in [0.05, 0.1) is 12.5 Å².